The molecular weight excluding hydrogens is 391 g/mol. The Balaban J connectivity index is 1.92. The van der Waals surface area contributed by atoms with E-state index in [0.717, 1.165) is 10.9 Å². The molecule has 0 radical (unpaired) electrons. The maximum Gasteiger partial charge on any atom is 0.266 e. The van der Waals surface area contributed by atoms with Crippen LogP contribution in [0.4, 0.5) is 18.9 Å². The third kappa shape index (κ3) is 2.42. The van der Waals surface area contributed by atoms with Gasteiger partial charge < -0.3 is 10.3 Å². The molecular formula is C22H20F3N5. The molecule has 5 nitrogen and oxygen atoms in total. The van der Waals surface area contributed by atoms with E-state index in [1.165, 1.54) is 6.07 Å². The molecule has 0 atom stereocenters. The summed E-state index contributed by atoms with van der Waals surface area (Å²) in [5.74, 6) is 0.261. The van der Waals surface area contributed by atoms with E-state index in [1.54, 1.807) is 29.8 Å². The highest BCUT2D eigenvalue weighted by molar-refractivity contribution is 5.98. The van der Waals surface area contributed by atoms with Crippen LogP contribution < -0.4 is 5.32 Å². The van der Waals surface area contributed by atoms with Gasteiger partial charge in [-0.25, -0.2) is 13.2 Å². The molecule has 0 saturated heterocycles. The van der Waals surface area contributed by atoms with Crippen LogP contribution in [0.25, 0.3) is 27.7 Å². The minimum Gasteiger partial charge on any atom is -0.371 e. The number of nitrogens with one attached hydrogen (secondary N) is 2. The molecule has 2 aromatic heterocycles. The number of rotatable bonds is 2. The van der Waals surface area contributed by atoms with E-state index in [2.05, 4.69) is 20.5 Å². The van der Waals surface area contributed by atoms with Crippen LogP contribution in [0, 0.1) is 19.7 Å². The number of H-pyrrole nitrogens is 1. The molecule has 2 aromatic carbocycles. The number of nitrogens with zero attached hydrogens (tertiary/aromatic N) is 3. The fraction of sp³-hybridized carbons (Fsp3) is 0.273. The Labute approximate surface area is 170 Å². The molecule has 2 N–H and O–H groups in total. The van der Waals surface area contributed by atoms with Crippen LogP contribution in [0.3, 0.4) is 0 Å². The van der Waals surface area contributed by atoms with Gasteiger partial charge in [0.25, 0.3) is 6.43 Å². The van der Waals surface area contributed by atoms with Gasteiger partial charge in [0.15, 0.2) is 5.82 Å². The highest BCUT2D eigenvalue weighted by Gasteiger charge is 2.38. The number of para-hydroxylation sites is 1. The predicted molar refractivity (Wildman–Crippen MR) is 110 cm³/mol. The van der Waals surface area contributed by atoms with Gasteiger partial charge in [0.2, 0.25) is 0 Å². The Morgan fingerprint density at radius 1 is 1.13 bits per heavy atom. The Morgan fingerprint density at radius 3 is 2.63 bits per heavy atom. The Hall–Kier alpha value is -3.29. The van der Waals surface area contributed by atoms with Crippen LogP contribution in [0.5, 0.6) is 0 Å². The first kappa shape index (κ1) is 18.7. The lowest BCUT2D eigenvalue weighted by molar-refractivity contribution is 0.151. The summed E-state index contributed by atoms with van der Waals surface area (Å²) in [5, 5.41) is 12.3. The van der Waals surface area contributed by atoms with E-state index in [4.69, 9.17) is 0 Å². The Bertz CT molecular complexity index is 1320. The molecule has 0 fully saturated rings. The molecule has 30 heavy (non-hydrogen) atoms. The summed E-state index contributed by atoms with van der Waals surface area (Å²) in [4.78, 5) is 3.11. The standard InChI is InChI=1S/C22H20F3N5/c1-10-9-26-18-12(10)6-5-7-13(18)16-14(23)8-15-19(17(16)20(24)25)30-11(2)28-29-21(30)22(3,4)27-15/h5-9,20,26-27H,1-4H3. The van der Waals surface area contributed by atoms with Gasteiger partial charge >= 0.3 is 0 Å². The van der Waals surface area contributed by atoms with Crippen molar-refractivity contribution in [2.24, 2.45) is 0 Å². The molecule has 0 spiro atoms. The Morgan fingerprint density at radius 2 is 1.90 bits per heavy atom. The van der Waals surface area contributed by atoms with Gasteiger partial charge in [-0.05, 0) is 39.3 Å². The highest BCUT2D eigenvalue weighted by atomic mass is 19.3. The molecule has 3 heterocycles. The zero-order valence-electron chi connectivity index (χ0n) is 16.9. The van der Waals surface area contributed by atoms with Crippen molar-refractivity contribution >= 4 is 16.6 Å². The van der Waals surface area contributed by atoms with Gasteiger partial charge in [0.05, 0.1) is 28.0 Å². The topological polar surface area (TPSA) is 58.5 Å². The number of anilines is 1. The van der Waals surface area contributed by atoms with Crippen molar-refractivity contribution in [2.75, 3.05) is 5.32 Å². The summed E-state index contributed by atoms with van der Waals surface area (Å²) in [6.45, 7) is 7.33. The number of benzene rings is 2. The summed E-state index contributed by atoms with van der Waals surface area (Å²) in [7, 11) is 0. The number of fused-ring (bicyclic) bond motifs is 4. The third-order valence-electron chi connectivity index (χ3n) is 5.75. The summed E-state index contributed by atoms with van der Waals surface area (Å²) >= 11 is 0. The van der Waals surface area contributed by atoms with Crippen LogP contribution in [0.15, 0.2) is 30.5 Å². The first-order valence-corrected chi connectivity index (χ1v) is 9.63. The molecule has 5 rings (SSSR count). The largest absolute Gasteiger partial charge is 0.371 e. The van der Waals surface area contributed by atoms with Crippen LogP contribution in [0.2, 0.25) is 0 Å². The number of aryl methyl sites for hydroxylation is 2. The second-order valence-corrected chi connectivity index (χ2v) is 8.20. The number of aromatic amines is 1. The zero-order chi connectivity index (χ0) is 21.4. The van der Waals surface area contributed by atoms with Gasteiger partial charge in [-0.2, -0.15) is 0 Å². The molecule has 0 unspecified atom stereocenters. The number of halogens is 3. The van der Waals surface area contributed by atoms with Crippen molar-refractivity contribution in [3.05, 3.63) is 59.1 Å². The van der Waals surface area contributed by atoms with Crippen LogP contribution >= 0.6 is 0 Å². The summed E-state index contributed by atoms with van der Waals surface area (Å²) in [6, 6.07) is 6.59. The average Bonchev–Trinajstić information content (AvgIpc) is 3.24. The Kier molecular flexibility index (Phi) is 3.81. The lowest BCUT2D eigenvalue weighted by Crippen LogP contribution is -2.36. The molecule has 0 saturated carbocycles. The van der Waals surface area contributed by atoms with Crippen molar-refractivity contribution in [1.29, 1.82) is 0 Å². The molecule has 4 aromatic rings. The second-order valence-electron chi connectivity index (χ2n) is 8.20. The molecule has 154 valence electrons. The molecule has 1 aliphatic heterocycles. The van der Waals surface area contributed by atoms with Crippen LogP contribution in [-0.2, 0) is 5.54 Å². The monoisotopic (exact) mass is 411 g/mol. The minimum atomic E-state index is -2.91. The van der Waals surface area contributed by atoms with Crippen LogP contribution in [-0.4, -0.2) is 19.7 Å². The fourth-order valence-corrected chi connectivity index (χ4v) is 4.41. The van der Waals surface area contributed by atoms with E-state index in [1.807, 2.05) is 26.8 Å². The predicted octanol–water partition coefficient (Wildman–Crippen LogP) is 5.77. The van der Waals surface area contributed by atoms with Gasteiger partial charge in [-0.1, -0.05) is 18.2 Å². The second kappa shape index (κ2) is 6.10. The third-order valence-corrected chi connectivity index (χ3v) is 5.75. The molecule has 0 amide bonds. The van der Waals surface area contributed by atoms with Crippen molar-refractivity contribution in [3.63, 3.8) is 0 Å². The smallest absolute Gasteiger partial charge is 0.266 e. The molecule has 8 heteroatoms. The van der Waals surface area contributed by atoms with E-state index in [0.29, 0.717) is 28.4 Å². The maximum atomic E-state index is 15.4. The van der Waals surface area contributed by atoms with Crippen molar-refractivity contribution in [2.45, 2.75) is 39.7 Å². The van der Waals surface area contributed by atoms with Crippen molar-refractivity contribution in [1.82, 2.24) is 19.7 Å². The number of hydrogen-bond acceptors (Lipinski definition) is 3. The highest BCUT2D eigenvalue weighted by Crippen LogP contribution is 2.47. The lowest BCUT2D eigenvalue weighted by Gasteiger charge is -2.35. The quantitative estimate of drug-likeness (QED) is 0.440. The summed E-state index contributed by atoms with van der Waals surface area (Å²) < 4.78 is 46.2. The number of alkyl halides is 2. The fourth-order valence-electron chi connectivity index (χ4n) is 4.41. The SMILES string of the molecule is Cc1c[nH]c2c(-c3c(F)cc4c(c3C(F)F)-n3c(C)nnc3C(C)(C)N4)cccc12. The number of aromatic nitrogens is 4. The van der Waals surface area contributed by atoms with E-state index in [9.17, 15) is 8.78 Å². The molecule has 0 aliphatic carbocycles. The zero-order valence-corrected chi connectivity index (χ0v) is 16.9. The first-order chi connectivity index (χ1) is 14.2. The lowest BCUT2D eigenvalue weighted by atomic mass is 9.91. The van der Waals surface area contributed by atoms with E-state index >= 15 is 4.39 Å². The summed E-state index contributed by atoms with van der Waals surface area (Å²) in [6.07, 6.45) is -1.12. The molecule has 1 aliphatic rings. The van der Waals surface area contributed by atoms with Crippen molar-refractivity contribution in [3.8, 4) is 16.8 Å². The van der Waals surface area contributed by atoms with E-state index < -0.39 is 17.8 Å². The van der Waals surface area contributed by atoms with Gasteiger partial charge in [-0.3, -0.25) is 4.57 Å². The van der Waals surface area contributed by atoms with Gasteiger partial charge in [0, 0.05) is 22.7 Å². The van der Waals surface area contributed by atoms with Crippen LogP contribution in [0.1, 0.15) is 43.0 Å². The number of hydrogen-bond donors (Lipinski definition) is 2. The van der Waals surface area contributed by atoms with Gasteiger partial charge in [0.1, 0.15) is 11.6 Å². The van der Waals surface area contributed by atoms with Gasteiger partial charge in [-0.15, -0.1) is 10.2 Å². The minimum absolute atomic E-state index is 0.114. The summed E-state index contributed by atoms with van der Waals surface area (Å²) in [5.41, 5.74) is 1.28. The maximum absolute atomic E-state index is 15.4. The average molecular weight is 411 g/mol. The first-order valence-electron chi connectivity index (χ1n) is 9.63. The van der Waals surface area contributed by atoms with Crippen molar-refractivity contribution < 1.29 is 13.2 Å². The van der Waals surface area contributed by atoms with E-state index in [-0.39, 0.29) is 16.8 Å². The molecule has 0 bridgehead atoms. The normalized spacial score (nSPS) is 14.7.